The van der Waals surface area contributed by atoms with E-state index < -0.39 is 5.54 Å². The molecular weight excluding hydrogens is 226 g/mol. The number of rotatable bonds is 8. The van der Waals surface area contributed by atoms with E-state index in [9.17, 15) is 0 Å². The zero-order valence-electron chi connectivity index (χ0n) is 12.4. The third kappa shape index (κ3) is 5.65. The van der Waals surface area contributed by atoms with Gasteiger partial charge in [-0.1, -0.05) is 6.42 Å². The summed E-state index contributed by atoms with van der Waals surface area (Å²) in [5, 5.41) is 9.11. The molecule has 0 aromatic heterocycles. The Kier molecular flexibility index (Phi) is 6.57. The van der Waals surface area contributed by atoms with Crippen LogP contribution >= 0.6 is 0 Å². The summed E-state index contributed by atoms with van der Waals surface area (Å²) in [7, 11) is 4.30. The lowest BCUT2D eigenvalue weighted by Gasteiger charge is -2.27. The van der Waals surface area contributed by atoms with Crippen LogP contribution in [0.5, 0.6) is 0 Å². The molecule has 1 saturated heterocycles. The Labute approximate surface area is 112 Å². The van der Waals surface area contributed by atoms with Gasteiger partial charge in [-0.15, -0.1) is 0 Å². The fraction of sp³-hybridized carbons (Fsp3) is 1.00. The van der Waals surface area contributed by atoms with Gasteiger partial charge in [0.2, 0.25) is 0 Å². The van der Waals surface area contributed by atoms with Gasteiger partial charge in [0.15, 0.2) is 0 Å². The van der Waals surface area contributed by atoms with Crippen molar-refractivity contribution in [1.82, 2.24) is 9.80 Å². The Morgan fingerprint density at radius 1 is 1.39 bits per heavy atom. The molecule has 1 aliphatic heterocycles. The SMILES string of the molecule is CN(C)CC1CCCN1CCCCC(C)(N)CO. The smallest absolute Gasteiger partial charge is 0.0608 e. The van der Waals surface area contributed by atoms with Crippen molar-refractivity contribution in [3.8, 4) is 0 Å². The molecule has 2 atom stereocenters. The van der Waals surface area contributed by atoms with E-state index in [0.29, 0.717) is 0 Å². The summed E-state index contributed by atoms with van der Waals surface area (Å²) < 4.78 is 0. The summed E-state index contributed by atoms with van der Waals surface area (Å²) in [4.78, 5) is 4.90. The summed E-state index contributed by atoms with van der Waals surface area (Å²) in [5.74, 6) is 0. The standard InChI is InChI=1S/C14H31N3O/c1-14(15,12-18)8-4-5-9-17-10-6-7-13(17)11-16(2)3/h13,18H,4-12,15H2,1-3H3. The second kappa shape index (κ2) is 7.43. The first kappa shape index (κ1) is 15.9. The highest BCUT2D eigenvalue weighted by atomic mass is 16.3. The van der Waals surface area contributed by atoms with E-state index in [0.717, 1.165) is 18.9 Å². The number of likely N-dealkylation sites (N-methyl/N-ethyl adjacent to an activating group) is 1. The van der Waals surface area contributed by atoms with Crippen molar-refractivity contribution in [1.29, 1.82) is 0 Å². The summed E-state index contributed by atoms with van der Waals surface area (Å²) >= 11 is 0. The number of nitrogens with zero attached hydrogens (tertiary/aromatic N) is 2. The Hall–Kier alpha value is -0.160. The molecule has 0 bridgehead atoms. The highest BCUT2D eigenvalue weighted by Gasteiger charge is 2.24. The van der Waals surface area contributed by atoms with Crippen molar-refractivity contribution < 1.29 is 5.11 Å². The molecule has 0 aliphatic carbocycles. The second-order valence-corrected chi connectivity index (χ2v) is 6.36. The number of nitrogens with two attached hydrogens (primary N) is 1. The topological polar surface area (TPSA) is 52.7 Å². The van der Waals surface area contributed by atoms with Crippen molar-refractivity contribution in [3.05, 3.63) is 0 Å². The fourth-order valence-corrected chi connectivity index (χ4v) is 2.74. The van der Waals surface area contributed by atoms with Gasteiger partial charge in [0.1, 0.15) is 0 Å². The van der Waals surface area contributed by atoms with Crippen molar-refractivity contribution in [2.45, 2.75) is 50.6 Å². The molecule has 4 nitrogen and oxygen atoms in total. The first-order valence-electron chi connectivity index (χ1n) is 7.23. The fourth-order valence-electron chi connectivity index (χ4n) is 2.74. The zero-order chi connectivity index (χ0) is 13.6. The molecule has 4 heteroatoms. The lowest BCUT2D eigenvalue weighted by molar-refractivity contribution is 0.185. The molecule has 0 amide bonds. The van der Waals surface area contributed by atoms with Gasteiger partial charge in [0.25, 0.3) is 0 Å². The van der Waals surface area contributed by atoms with E-state index in [2.05, 4.69) is 23.9 Å². The van der Waals surface area contributed by atoms with E-state index >= 15 is 0 Å². The Bertz CT molecular complexity index is 231. The molecule has 0 saturated carbocycles. The van der Waals surface area contributed by atoms with Crippen LogP contribution < -0.4 is 5.73 Å². The van der Waals surface area contributed by atoms with Gasteiger partial charge >= 0.3 is 0 Å². The number of aliphatic hydroxyl groups is 1. The first-order valence-corrected chi connectivity index (χ1v) is 7.23. The van der Waals surface area contributed by atoms with E-state index in [1.54, 1.807) is 0 Å². The first-order chi connectivity index (χ1) is 8.44. The van der Waals surface area contributed by atoms with Gasteiger partial charge in [-0.2, -0.15) is 0 Å². The van der Waals surface area contributed by atoms with E-state index in [-0.39, 0.29) is 6.61 Å². The summed E-state index contributed by atoms with van der Waals surface area (Å²) in [6.07, 6.45) is 5.89. The van der Waals surface area contributed by atoms with Crippen LogP contribution in [0.1, 0.15) is 39.0 Å². The minimum atomic E-state index is -0.395. The molecule has 0 radical (unpaired) electrons. The van der Waals surface area contributed by atoms with Gasteiger partial charge in [-0.25, -0.2) is 0 Å². The summed E-state index contributed by atoms with van der Waals surface area (Å²) in [6, 6.07) is 0.738. The van der Waals surface area contributed by atoms with Gasteiger partial charge in [-0.05, 0) is 59.8 Å². The van der Waals surface area contributed by atoms with Gasteiger partial charge in [0.05, 0.1) is 6.61 Å². The normalized spacial score (nSPS) is 24.7. The molecular formula is C14H31N3O. The van der Waals surface area contributed by atoms with Crippen molar-refractivity contribution in [2.75, 3.05) is 40.3 Å². The lowest BCUT2D eigenvalue weighted by atomic mass is 9.97. The Balaban J connectivity index is 2.18. The number of likely N-dealkylation sites (tertiary alicyclic amines) is 1. The third-order valence-electron chi connectivity index (χ3n) is 3.88. The van der Waals surface area contributed by atoms with Crippen molar-refractivity contribution in [3.63, 3.8) is 0 Å². The molecule has 1 aliphatic rings. The number of hydrogen-bond acceptors (Lipinski definition) is 4. The van der Waals surface area contributed by atoms with Crippen LogP contribution in [0, 0.1) is 0 Å². The van der Waals surface area contributed by atoms with Crippen LogP contribution in [0.3, 0.4) is 0 Å². The van der Waals surface area contributed by atoms with Crippen LogP contribution in [0.15, 0.2) is 0 Å². The molecule has 0 spiro atoms. The predicted molar refractivity (Wildman–Crippen MR) is 76.7 cm³/mol. The van der Waals surface area contributed by atoms with Crippen LogP contribution in [-0.2, 0) is 0 Å². The number of unbranched alkanes of at least 4 members (excludes halogenated alkanes) is 1. The van der Waals surface area contributed by atoms with Gasteiger partial charge in [0, 0.05) is 18.1 Å². The van der Waals surface area contributed by atoms with E-state index in [1.807, 2.05) is 6.92 Å². The molecule has 108 valence electrons. The maximum atomic E-state index is 9.11. The molecule has 0 aromatic rings. The lowest BCUT2D eigenvalue weighted by Crippen LogP contribution is -2.40. The quantitative estimate of drug-likeness (QED) is 0.634. The minimum Gasteiger partial charge on any atom is -0.394 e. The predicted octanol–water partition coefficient (Wildman–Crippen LogP) is 0.892. The molecule has 1 fully saturated rings. The van der Waals surface area contributed by atoms with Crippen LogP contribution in [0.2, 0.25) is 0 Å². The van der Waals surface area contributed by atoms with Crippen LogP contribution in [0.25, 0.3) is 0 Å². The van der Waals surface area contributed by atoms with Crippen LogP contribution in [-0.4, -0.2) is 66.8 Å². The average Bonchev–Trinajstić information content (AvgIpc) is 2.71. The van der Waals surface area contributed by atoms with Crippen molar-refractivity contribution >= 4 is 0 Å². The third-order valence-corrected chi connectivity index (χ3v) is 3.88. The summed E-state index contributed by atoms with van der Waals surface area (Å²) in [5.41, 5.74) is 5.54. The van der Waals surface area contributed by atoms with E-state index in [1.165, 1.54) is 38.9 Å². The minimum absolute atomic E-state index is 0.0833. The Morgan fingerprint density at radius 2 is 2.11 bits per heavy atom. The van der Waals surface area contributed by atoms with Gasteiger partial charge in [-0.3, -0.25) is 4.90 Å². The van der Waals surface area contributed by atoms with Crippen LogP contribution in [0.4, 0.5) is 0 Å². The highest BCUT2D eigenvalue weighted by Crippen LogP contribution is 2.19. The molecule has 1 heterocycles. The molecule has 1 rings (SSSR count). The van der Waals surface area contributed by atoms with Gasteiger partial charge < -0.3 is 15.7 Å². The molecule has 18 heavy (non-hydrogen) atoms. The van der Waals surface area contributed by atoms with E-state index in [4.69, 9.17) is 10.8 Å². The number of hydrogen-bond donors (Lipinski definition) is 2. The largest absolute Gasteiger partial charge is 0.394 e. The highest BCUT2D eigenvalue weighted by molar-refractivity contribution is 4.81. The Morgan fingerprint density at radius 3 is 2.72 bits per heavy atom. The van der Waals surface area contributed by atoms with Crippen molar-refractivity contribution in [2.24, 2.45) is 5.73 Å². The maximum absolute atomic E-state index is 9.11. The molecule has 0 aromatic carbocycles. The zero-order valence-corrected chi connectivity index (χ0v) is 12.4. The number of aliphatic hydroxyl groups excluding tert-OH is 1. The molecule has 3 N–H and O–H groups in total. The average molecular weight is 257 g/mol. The maximum Gasteiger partial charge on any atom is 0.0608 e. The second-order valence-electron chi connectivity index (χ2n) is 6.36. The monoisotopic (exact) mass is 257 g/mol. The molecule has 2 unspecified atom stereocenters. The summed E-state index contributed by atoms with van der Waals surface area (Å²) in [6.45, 7) is 5.61.